The van der Waals surface area contributed by atoms with Crippen LogP contribution in [0.15, 0.2) is 95.1 Å². The molecule has 0 fully saturated rings. The second kappa shape index (κ2) is 8.82. The summed E-state index contributed by atoms with van der Waals surface area (Å²) in [4.78, 5) is 26.9. The molecule has 3 aromatic rings. The van der Waals surface area contributed by atoms with Crippen LogP contribution in [0.3, 0.4) is 0 Å². The summed E-state index contributed by atoms with van der Waals surface area (Å²) >= 11 is 0. The highest BCUT2D eigenvalue weighted by Crippen LogP contribution is 2.50. The summed E-state index contributed by atoms with van der Waals surface area (Å²) in [6.07, 6.45) is 1.97. The first-order valence-electron chi connectivity index (χ1n) is 11.7. The number of fused-ring (bicyclic) bond motifs is 1. The zero-order valence-electron chi connectivity index (χ0n) is 19.1. The standard InChI is InChI=1S/C30H28O3/c1-3-33-30(32)27-19(2)16-23-17-22(20-10-5-4-6-11-20)18-26(31)28(23)29(27)25-15-9-13-21-12-7-8-14-24(21)25/h4-15,22,29H,3,16-18H2,1-2H3. The van der Waals surface area contributed by atoms with E-state index in [2.05, 4.69) is 36.4 Å². The minimum absolute atomic E-state index is 0.150. The highest BCUT2D eigenvalue weighted by Gasteiger charge is 2.41. The molecule has 33 heavy (non-hydrogen) atoms. The van der Waals surface area contributed by atoms with Gasteiger partial charge in [-0.3, -0.25) is 4.79 Å². The molecule has 0 bridgehead atoms. The van der Waals surface area contributed by atoms with Crippen molar-refractivity contribution < 1.29 is 14.3 Å². The Labute approximate surface area is 194 Å². The van der Waals surface area contributed by atoms with Gasteiger partial charge in [-0.05, 0) is 54.5 Å². The van der Waals surface area contributed by atoms with Crippen molar-refractivity contribution in [2.75, 3.05) is 6.61 Å². The lowest BCUT2D eigenvalue weighted by atomic mass is 9.66. The lowest BCUT2D eigenvalue weighted by molar-refractivity contribution is -0.138. The van der Waals surface area contributed by atoms with Crippen LogP contribution in [0.5, 0.6) is 0 Å². The summed E-state index contributed by atoms with van der Waals surface area (Å²) < 4.78 is 5.49. The number of carbonyl (C=O) groups is 2. The first-order chi connectivity index (χ1) is 16.1. The lowest BCUT2D eigenvalue weighted by Crippen LogP contribution is -2.30. The van der Waals surface area contributed by atoms with Gasteiger partial charge in [0.15, 0.2) is 5.78 Å². The largest absolute Gasteiger partial charge is 0.463 e. The zero-order chi connectivity index (χ0) is 22.9. The molecule has 2 aliphatic rings. The van der Waals surface area contributed by atoms with Crippen LogP contribution < -0.4 is 0 Å². The van der Waals surface area contributed by atoms with Gasteiger partial charge in [-0.2, -0.15) is 0 Å². The summed E-state index contributed by atoms with van der Waals surface area (Å²) in [5, 5.41) is 2.18. The monoisotopic (exact) mass is 436 g/mol. The van der Waals surface area contributed by atoms with E-state index in [1.54, 1.807) is 0 Å². The van der Waals surface area contributed by atoms with Gasteiger partial charge in [-0.15, -0.1) is 0 Å². The van der Waals surface area contributed by atoms with Crippen LogP contribution in [0, 0.1) is 0 Å². The summed E-state index contributed by atoms with van der Waals surface area (Å²) in [5.41, 5.74) is 5.84. The number of hydrogen-bond donors (Lipinski definition) is 0. The van der Waals surface area contributed by atoms with Crippen LogP contribution in [-0.2, 0) is 14.3 Å². The molecular formula is C30H28O3. The molecule has 0 spiro atoms. The van der Waals surface area contributed by atoms with Crippen molar-refractivity contribution in [2.24, 2.45) is 0 Å². The normalized spacial score (nSPS) is 20.7. The SMILES string of the molecule is CCOC(=O)C1=C(C)CC2=C(C(=O)CC(c3ccccc3)C2)C1c1cccc2ccccc12. The summed E-state index contributed by atoms with van der Waals surface area (Å²) in [6, 6.07) is 24.6. The fraction of sp³-hybridized carbons (Fsp3) is 0.267. The van der Waals surface area contributed by atoms with Gasteiger partial charge in [-0.1, -0.05) is 83.9 Å². The minimum Gasteiger partial charge on any atom is -0.463 e. The van der Waals surface area contributed by atoms with E-state index in [0.717, 1.165) is 33.9 Å². The molecular weight excluding hydrogens is 408 g/mol. The Balaban J connectivity index is 1.68. The molecule has 0 aliphatic heterocycles. The maximum absolute atomic E-state index is 13.7. The highest BCUT2D eigenvalue weighted by molar-refractivity contribution is 6.06. The van der Waals surface area contributed by atoms with Crippen molar-refractivity contribution in [2.45, 2.75) is 44.9 Å². The van der Waals surface area contributed by atoms with Crippen LogP contribution in [-0.4, -0.2) is 18.4 Å². The second-order valence-corrected chi connectivity index (χ2v) is 9.05. The summed E-state index contributed by atoms with van der Waals surface area (Å²) in [7, 11) is 0. The fourth-order valence-electron chi connectivity index (χ4n) is 5.62. The van der Waals surface area contributed by atoms with Crippen molar-refractivity contribution in [3.05, 3.63) is 106 Å². The van der Waals surface area contributed by atoms with Gasteiger partial charge in [0.05, 0.1) is 6.61 Å². The number of allylic oxidation sites excluding steroid dienone is 3. The molecule has 5 rings (SSSR count). The highest BCUT2D eigenvalue weighted by atomic mass is 16.5. The lowest BCUT2D eigenvalue weighted by Gasteiger charge is -2.36. The molecule has 3 aromatic carbocycles. The molecule has 2 aliphatic carbocycles. The van der Waals surface area contributed by atoms with Gasteiger partial charge in [0.25, 0.3) is 0 Å². The summed E-state index contributed by atoms with van der Waals surface area (Å²) in [6.45, 7) is 4.16. The molecule has 0 saturated heterocycles. The van der Waals surface area contributed by atoms with Gasteiger partial charge < -0.3 is 4.74 Å². The van der Waals surface area contributed by atoms with Crippen molar-refractivity contribution >= 4 is 22.5 Å². The third-order valence-corrected chi connectivity index (χ3v) is 7.02. The average molecular weight is 437 g/mol. The molecule has 0 saturated carbocycles. The Morgan fingerprint density at radius 1 is 0.939 bits per heavy atom. The minimum atomic E-state index is -0.386. The second-order valence-electron chi connectivity index (χ2n) is 9.05. The van der Waals surface area contributed by atoms with Gasteiger partial charge in [-0.25, -0.2) is 4.79 Å². The predicted octanol–water partition coefficient (Wildman–Crippen LogP) is 6.65. The Morgan fingerprint density at radius 3 is 2.45 bits per heavy atom. The maximum atomic E-state index is 13.7. The van der Waals surface area contributed by atoms with Crippen LogP contribution in [0.4, 0.5) is 0 Å². The van der Waals surface area contributed by atoms with E-state index >= 15 is 0 Å². The van der Waals surface area contributed by atoms with Crippen LogP contribution in [0.1, 0.15) is 56.1 Å². The van der Waals surface area contributed by atoms with Gasteiger partial charge in [0.2, 0.25) is 0 Å². The number of benzene rings is 3. The molecule has 3 nitrogen and oxygen atoms in total. The van der Waals surface area contributed by atoms with Crippen molar-refractivity contribution in [3.63, 3.8) is 0 Å². The van der Waals surface area contributed by atoms with Gasteiger partial charge >= 0.3 is 5.97 Å². The Hall–Kier alpha value is -3.46. The molecule has 2 atom stereocenters. The Morgan fingerprint density at radius 2 is 1.67 bits per heavy atom. The molecule has 0 heterocycles. The molecule has 166 valence electrons. The van der Waals surface area contributed by atoms with Crippen molar-refractivity contribution in [1.29, 1.82) is 0 Å². The fourth-order valence-corrected chi connectivity index (χ4v) is 5.62. The van der Waals surface area contributed by atoms with E-state index in [1.807, 2.05) is 50.2 Å². The van der Waals surface area contributed by atoms with E-state index in [1.165, 1.54) is 11.1 Å². The third-order valence-electron chi connectivity index (χ3n) is 7.02. The zero-order valence-corrected chi connectivity index (χ0v) is 19.1. The van der Waals surface area contributed by atoms with Crippen molar-refractivity contribution in [3.8, 4) is 0 Å². The molecule has 0 radical (unpaired) electrons. The molecule has 0 N–H and O–H groups in total. The molecule has 3 heteroatoms. The van der Waals surface area contributed by atoms with E-state index in [0.29, 0.717) is 25.0 Å². The smallest absolute Gasteiger partial charge is 0.334 e. The van der Waals surface area contributed by atoms with Crippen LogP contribution in [0.2, 0.25) is 0 Å². The number of Topliss-reactive ketones (excluding diaryl/α,β-unsaturated/α-hetero) is 1. The first-order valence-corrected chi connectivity index (χ1v) is 11.7. The van der Waals surface area contributed by atoms with Gasteiger partial charge in [0.1, 0.15) is 0 Å². The molecule has 0 amide bonds. The topological polar surface area (TPSA) is 43.4 Å². The predicted molar refractivity (Wildman–Crippen MR) is 131 cm³/mol. The molecule has 2 unspecified atom stereocenters. The summed E-state index contributed by atoms with van der Waals surface area (Å²) in [5.74, 6) is -0.361. The van der Waals surface area contributed by atoms with Gasteiger partial charge in [0, 0.05) is 23.5 Å². The van der Waals surface area contributed by atoms with E-state index < -0.39 is 0 Å². The number of carbonyl (C=O) groups excluding carboxylic acids is 2. The van der Waals surface area contributed by atoms with Crippen LogP contribution >= 0.6 is 0 Å². The maximum Gasteiger partial charge on any atom is 0.334 e. The van der Waals surface area contributed by atoms with E-state index in [4.69, 9.17) is 4.74 Å². The van der Waals surface area contributed by atoms with E-state index in [9.17, 15) is 9.59 Å². The Kier molecular flexibility index (Phi) is 5.72. The number of hydrogen-bond acceptors (Lipinski definition) is 3. The number of rotatable bonds is 4. The number of ketones is 1. The molecule has 0 aromatic heterocycles. The average Bonchev–Trinajstić information content (AvgIpc) is 2.83. The van der Waals surface area contributed by atoms with Crippen molar-refractivity contribution in [1.82, 2.24) is 0 Å². The first kappa shape index (κ1) is 21.4. The quantitative estimate of drug-likeness (QED) is 0.430. The van der Waals surface area contributed by atoms with Crippen LogP contribution in [0.25, 0.3) is 10.8 Å². The number of esters is 1. The third kappa shape index (κ3) is 3.82. The van der Waals surface area contributed by atoms with E-state index in [-0.39, 0.29) is 23.6 Å². The number of ether oxygens (including phenoxy) is 1. The Bertz CT molecular complexity index is 1290.